The predicted molar refractivity (Wildman–Crippen MR) is 111 cm³/mol. The Bertz CT molecular complexity index is 1090. The summed E-state index contributed by atoms with van der Waals surface area (Å²) in [4.78, 5) is 24.6. The molecule has 0 radical (unpaired) electrons. The lowest BCUT2D eigenvalue weighted by Crippen LogP contribution is -2.25. The Morgan fingerprint density at radius 2 is 1.81 bits per heavy atom. The summed E-state index contributed by atoms with van der Waals surface area (Å²) in [6, 6.07) is 9.20. The van der Waals surface area contributed by atoms with Crippen molar-refractivity contribution < 1.29 is 37.3 Å². The third kappa shape index (κ3) is 4.74. The fourth-order valence-corrected chi connectivity index (χ4v) is 2.94. The number of phenolic OH excluding ortho intramolecular Hbond substituents is 1. The predicted octanol–water partition coefficient (Wildman–Crippen LogP) is 4.32. The number of hydrogen-bond acceptors (Lipinski definition) is 6. The van der Waals surface area contributed by atoms with Gasteiger partial charge in [-0.05, 0) is 61.9 Å². The van der Waals surface area contributed by atoms with E-state index >= 15 is 0 Å². The van der Waals surface area contributed by atoms with Crippen LogP contribution in [0.25, 0.3) is 6.08 Å². The molecule has 0 aliphatic carbocycles. The number of aromatic hydroxyl groups is 1. The highest BCUT2D eigenvalue weighted by Gasteiger charge is 2.46. The quantitative estimate of drug-likeness (QED) is 0.525. The Kier molecular flexibility index (Phi) is 6.52. The highest BCUT2D eigenvalue weighted by atomic mass is 19.4. The zero-order valence-corrected chi connectivity index (χ0v) is 17.1. The molecule has 0 fully saturated rings. The third-order valence-electron chi connectivity index (χ3n) is 4.36. The van der Waals surface area contributed by atoms with E-state index in [2.05, 4.69) is 5.10 Å². The Balaban J connectivity index is 1.98. The van der Waals surface area contributed by atoms with Crippen LogP contribution in [-0.4, -0.2) is 42.1 Å². The van der Waals surface area contributed by atoms with Crippen LogP contribution in [0.3, 0.4) is 0 Å². The van der Waals surface area contributed by atoms with Crippen LogP contribution in [-0.2, 0) is 9.53 Å². The Morgan fingerprint density at radius 1 is 1.12 bits per heavy atom. The molecule has 1 amide bonds. The first-order valence-electron chi connectivity index (χ1n) is 9.61. The number of halogens is 3. The lowest BCUT2D eigenvalue weighted by molar-refractivity contribution is -0.114. The van der Waals surface area contributed by atoms with Crippen molar-refractivity contribution in [3.05, 3.63) is 59.2 Å². The first-order valence-corrected chi connectivity index (χ1v) is 9.61. The second-order valence-electron chi connectivity index (χ2n) is 6.55. The van der Waals surface area contributed by atoms with Gasteiger partial charge in [-0.3, -0.25) is 4.79 Å². The van der Waals surface area contributed by atoms with E-state index in [-0.39, 0.29) is 41.5 Å². The minimum absolute atomic E-state index is 0.0499. The van der Waals surface area contributed by atoms with Gasteiger partial charge in [0.1, 0.15) is 0 Å². The van der Waals surface area contributed by atoms with Gasteiger partial charge in [0.15, 0.2) is 17.2 Å². The number of carbonyl (C=O) groups excluding carboxylic acids is 2. The molecule has 2 aromatic rings. The summed E-state index contributed by atoms with van der Waals surface area (Å²) in [6.45, 7) is 3.73. The van der Waals surface area contributed by atoms with Gasteiger partial charge in [0, 0.05) is 0 Å². The number of hydrazone groups is 1. The summed E-state index contributed by atoms with van der Waals surface area (Å²) in [5.41, 5.74) is -1.58. The molecule has 32 heavy (non-hydrogen) atoms. The lowest BCUT2D eigenvalue weighted by Gasteiger charge is -2.12. The van der Waals surface area contributed by atoms with Crippen LogP contribution in [0.5, 0.6) is 11.5 Å². The van der Waals surface area contributed by atoms with Gasteiger partial charge in [-0.15, -0.1) is 0 Å². The number of amides is 1. The molecule has 2 aromatic carbocycles. The smallest absolute Gasteiger partial charge is 0.435 e. The number of hydrogen-bond donors (Lipinski definition) is 1. The van der Waals surface area contributed by atoms with Crippen LogP contribution in [0.4, 0.5) is 18.9 Å². The first kappa shape index (κ1) is 22.9. The summed E-state index contributed by atoms with van der Waals surface area (Å²) < 4.78 is 51.0. The summed E-state index contributed by atoms with van der Waals surface area (Å²) in [7, 11) is 0. The Hall–Kier alpha value is -3.82. The number of benzene rings is 2. The van der Waals surface area contributed by atoms with Crippen molar-refractivity contribution in [2.45, 2.75) is 20.0 Å². The lowest BCUT2D eigenvalue weighted by atomic mass is 10.1. The van der Waals surface area contributed by atoms with Crippen LogP contribution in [0.2, 0.25) is 0 Å². The fourth-order valence-electron chi connectivity index (χ4n) is 2.94. The van der Waals surface area contributed by atoms with Crippen molar-refractivity contribution in [2.75, 3.05) is 18.2 Å². The number of carbonyl (C=O) groups is 2. The molecule has 0 unspecified atom stereocenters. The van der Waals surface area contributed by atoms with Crippen molar-refractivity contribution in [3.63, 3.8) is 0 Å². The molecule has 0 atom stereocenters. The second-order valence-corrected chi connectivity index (χ2v) is 6.55. The van der Waals surface area contributed by atoms with Crippen LogP contribution in [0.15, 0.2) is 53.1 Å². The van der Waals surface area contributed by atoms with E-state index in [1.165, 1.54) is 42.5 Å². The van der Waals surface area contributed by atoms with Gasteiger partial charge in [-0.2, -0.15) is 23.3 Å². The van der Waals surface area contributed by atoms with Crippen LogP contribution < -0.4 is 9.75 Å². The van der Waals surface area contributed by atoms with E-state index in [9.17, 15) is 27.9 Å². The molecule has 0 aromatic heterocycles. The summed E-state index contributed by atoms with van der Waals surface area (Å²) in [6.07, 6.45) is -3.86. The van der Waals surface area contributed by atoms with Gasteiger partial charge >= 0.3 is 12.1 Å². The molecule has 7 nitrogen and oxygen atoms in total. The SMILES string of the molecule is CCOC(=O)c1ccc(N2N=C(C(F)(F)F)/C(=C/c3ccc(O)c(OCC)c3)C2=O)cc1. The zero-order chi connectivity index (χ0) is 23.5. The molecule has 1 aliphatic heterocycles. The first-order chi connectivity index (χ1) is 15.2. The summed E-state index contributed by atoms with van der Waals surface area (Å²) in [5, 5.41) is 13.9. The number of rotatable bonds is 6. The molecule has 0 bridgehead atoms. The zero-order valence-electron chi connectivity index (χ0n) is 17.1. The van der Waals surface area contributed by atoms with E-state index in [0.29, 0.717) is 5.01 Å². The number of phenols is 1. The molecule has 0 spiro atoms. The second kappa shape index (κ2) is 9.13. The molecule has 3 rings (SSSR count). The molecule has 1 N–H and O–H groups in total. The standard InChI is InChI=1S/C22H19F3N2O5/c1-3-31-18-12-13(5-10-17(18)28)11-16-19(22(23,24)25)26-27(20(16)29)15-8-6-14(7-9-15)21(30)32-4-2/h5-12,28H,3-4H2,1-2H3/b16-11-. The summed E-state index contributed by atoms with van der Waals surface area (Å²) in [5.74, 6) is -1.69. The Labute approximate surface area is 181 Å². The van der Waals surface area contributed by atoms with Crippen LogP contribution >= 0.6 is 0 Å². The van der Waals surface area contributed by atoms with Crippen molar-refractivity contribution in [1.29, 1.82) is 0 Å². The third-order valence-corrected chi connectivity index (χ3v) is 4.36. The molecule has 1 aliphatic rings. The normalized spacial score (nSPS) is 15.2. The highest BCUT2D eigenvalue weighted by molar-refractivity contribution is 6.34. The number of ether oxygens (including phenoxy) is 2. The summed E-state index contributed by atoms with van der Waals surface area (Å²) >= 11 is 0. The maximum absolute atomic E-state index is 13.6. The number of anilines is 1. The number of esters is 1. The molecule has 10 heteroatoms. The van der Waals surface area contributed by atoms with E-state index in [1.54, 1.807) is 13.8 Å². The molecular formula is C22H19F3N2O5. The molecule has 0 saturated heterocycles. The average Bonchev–Trinajstić information content (AvgIpc) is 3.07. The van der Waals surface area contributed by atoms with Gasteiger partial charge in [-0.1, -0.05) is 6.07 Å². The van der Waals surface area contributed by atoms with Crippen molar-refractivity contribution in [1.82, 2.24) is 0 Å². The van der Waals surface area contributed by atoms with E-state index < -0.39 is 29.3 Å². The molecular weight excluding hydrogens is 429 g/mol. The van der Waals surface area contributed by atoms with Gasteiger partial charge in [0.2, 0.25) is 0 Å². The van der Waals surface area contributed by atoms with Gasteiger partial charge < -0.3 is 14.6 Å². The minimum atomic E-state index is -4.89. The fraction of sp³-hybridized carbons (Fsp3) is 0.227. The Morgan fingerprint density at radius 3 is 2.41 bits per heavy atom. The number of nitrogens with zero attached hydrogens (tertiary/aromatic N) is 2. The van der Waals surface area contributed by atoms with Crippen molar-refractivity contribution >= 4 is 29.4 Å². The maximum atomic E-state index is 13.6. The average molecular weight is 448 g/mol. The molecule has 1 heterocycles. The minimum Gasteiger partial charge on any atom is -0.504 e. The maximum Gasteiger partial charge on any atom is 0.435 e. The van der Waals surface area contributed by atoms with Gasteiger partial charge in [-0.25, -0.2) is 4.79 Å². The van der Waals surface area contributed by atoms with Gasteiger partial charge in [0.05, 0.1) is 30.0 Å². The monoisotopic (exact) mass is 448 g/mol. The van der Waals surface area contributed by atoms with E-state index in [1.807, 2.05) is 0 Å². The highest BCUT2D eigenvalue weighted by Crippen LogP contribution is 2.34. The van der Waals surface area contributed by atoms with Crippen molar-refractivity contribution in [2.24, 2.45) is 5.10 Å². The van der Waals surface area contributed by atoms with E-state index in [4.69, 9.17) is 9.47 Å². The van der Waals surface area contributed by atoms with Crippen molar-refractivity contribution in [3.8, 4) is 11.5 Å². The van der Waals surface area contributed by atoms with Crippen LogP contribution in [0.1, 0.15) is 29.8 Å². The molecule has 0 saturated carbocycles. The topological polar surface area (TPSA) is 88.4 Å². The van der Waals surface area contributed by atoms with Crippen LogP contribution in [0, 0.1) is 0 Å². The van der Waals surface area contributed by atoms with Gasteiger partial charge in [0.25, 0.3) is 5.91 Å². The van der Waals surface area contributed by atoms with E-state index in [0.717, 1.165) is 6.08 Å². The largest absolute Gasteiger partial charge is 0.504 e. The molecule has 168 valence electrons. The number of alkyl halides is 3.